The Balaban J connectivity index is 2.37. The predicted molar refractivity (Wildman–Crippen MR) is 88.2 cm³/mol. The average molecular weight is 298 g/mol. The van der Waals surface area contributed by atoms with Gasteiger partial charge in [0.05, 0.1) is 0 Å². The van der Waals surface area contributed by atoms with Crippen LogP contribution in [-0.4, -0.2) is 81.0 Å². The number of carbonyl (C=O) groups is 1. The van der Waals surface area contributed by atoms with E-state index in [1.165, 1.54) is 12.8 Å². The van der Waals surface area contributed by atoms with E-state index in [4.69, 9.17) is 5.73 Å². The Morgan fingerprint density at radius 2 is 1.48 bits per heavy atom. The normalized spacial score (nSPS) is 16.5. The van der Waals surface area contributed by atoms with E-state index in [9.17, 15) is 4.79 Å². The van der Waals surface area contributed by atoms with Gasteiger partial charge in [-0.05, 0) is 72.9 Å². The van der Waals surface area contributed by atoms with Gasteiger partial charge in [-0.1, -0.05) is 0 Å². The third kappa shape index (κ3) is 8.39. The van der Waals surface area contributed by atoms with Crippen molar-refractivity contribution in [2.24, 2.45) is 11.7 Å². The topological polar surface area (TPSA) is 52.8 Å². The summed E-state index contributed by atoms with van der Waals surface area (Å²) >= 11 is 0. The van der Waals surface area contributed by atoms with Crippen LogP contribution >= 0.6 is 0 Å². The van der Waals surface area contributed by atoms with Gasteiger partial charge in [0.25, 0.3) is 0 Å². The van der Waals surface area contributed by atoms with Crippen LogP contribution in [0.2, 0.25) is 0 Å². The highest BCUT2D eigenvalue weighted by molar-refractivity contribution is 5.76. The van der Waals surface area contributed by atoms with Gasteiger partial charge in [-0.3, -0.25) is 4.79 Å². The molecule has 1 atom stereocenters. The maximum absolute atomic E-state index is 12.5. The molecule has 0 radical (unpaired) electrons. The van der Waals surface area contributed by atoms with E-state index in [1.807, 2.05) is 4.90 Å². The minimum Gasteiger partial charge on any atom is -0.343 e. The molecule has 1 aliphatic carbocycles. The lowest BCUT2D eigenvalue weighted by atomic mass is 10.1. The van der Waals surface area contributed by atoms with Crippen molar-refractivity contribution in [2.75, 3.05) is 54.4 Å². The first-order chi connectivity index (χ1) is 9.90. The second-order valence-corrected chi connectivity index (χ2v) is 6.90. The van der Waals surface area contributed by atoms with Crippen LogP contribution in [0.25, 0.3) is 0 Å². The summed E-state index contributed by atoms with van der Waals surface area (Å²) in [5.74, 6) is 0.839. The summed E-state index contributed by atoms with van der Waals surface area (Å²) in [6.45, 7) is 3.74. The first-order valence-corrected chi connectivity index (χ1v) is 8.23. The van der Waals surface area contributed by atoms with Crippen molar-refractivity contribution in [3.8, 4) is 0 Å². The van der Waals surface area contributed by atoms with Crippen molar-refractivity contribution in [3.63, 3.8) is 0 Å². The van der Waals surface area contributed by atoms with Gasteiger partial charge in [0.2, 0.25) is 5.91 Å². The molecule has 5 nitrogen and oxygen atoms in total. The van der Waals surface area contributed by atoms with Crippen molar-refractivity contribution < 1.29 is 4.79 Å². The fraction of sp³-hybridized carbons (Fsp3) is 0.938. The summed E-state index contributed by atoms with van der Waals surface area (Å²) in [5, 5.41) is 0. The average Bonchev–Trinajstić information content (AvgIpc) is 3.20. The molecule has 2 N–H and O–H groups in total. The zero-order chi connectivity index (χ0) is 15.8. The summed E-state index contributed by atoms with van der Waals surface area (Å²) in [6.07, 6.45) is 4.98. The second kappa shape index (κ2) is 9.38. The molecular formula is C16H34N4O. The molecule has 1 aliphatic rings. The van der Waals surface area contributed by atoms with Crippen molar-refractivity contribution in [1.82, 2.24) is 14.7 Å². The van der Waals surface area contributed by atoms with Gasteiger partial charge < -0.3 is 20.4 Å². The third-order valence-corrected chi connectivity index (χ3v) is 4.06. The molecule has 1 unspecified atom stereocenters. The van der Waals surface area contributed by atoms with Crippen LogP contribution in [-0.2, 0) is 4.79 Å². The largest absolute Gasteiger partial charge is 0.343 e. The van der Waals surface area contributed by atoms with Gasteiger partial charge in [0.1, 0.15) is 0 Å². The second-order valence-electron chi connectivity index (χ2n) is 6.90. The predicted octanol–water partition coefficient (Wildman–Crippen LogP) is 0.846. The Morgan fingerprint density at radius 3 is 1.86 bits per heavy atom. The van der Waals surface area contributed by atoms with E-state index < -0.39 is 0 Å². The Kier molecular flexibility index (Phi) is 8.22. The Morgan fingerprint density at radius 1 is 1.00 bits per heavy atom. The van der Waals surface area contributed by atoms with Crippen molar-refractivity contribution in [2.45, 2.75) is 38.1 Å². The van der Waals surface area contributed by atoms with Gasteiger partial charge >= 0.3 is 0 Å². The first kappa shape index (κ1) is 18.4. The lowest BCUT2D eigenvalue weighted by Crippen LogP contribution is -2.39. The van der Waals surface area contributed by atoms with Crippen LogP contribution in [0.15, 0.2) is 0 Å². The Bertz CT molecular complexity index is 289. The molecule has 124 valence electrons. The fourth-order valence-electron chi connectivity index (χ4n) is 2.54. The fourth-order valence-corrected chi connectivity index (χ4v) is 2.54. The standard InChI is InChI=1S/C16H34N4O/c1-18(2)9-5-11-20(12-6-10-19(3)4)16(21)13-15(17)14-7-8-14/h14-15H,5-13,17H2,1-4H3. The van der Waals surface area contributed by atoms with E-state index in [0.717, 1.165) is 39.0 Å². The maximum atomic E-state index is 12.5. The van der Waals surface area contributed by atoms with Crippen LogP contribution < -0.4 is 5.73 Å². The number of nitrogens with two attached hydrogens (primary N) is 1. The molecule has 1 rings (SSSR count). The lowest BCUT2D eigenvalue weighted by molar-refractivity contribution is -0.131. The number of hydrogen-bond donors (Lipinski definition) is 1. The van der Waals surface area contributed by atoms with Crippen molar-refractivity contribution >= 4 is 5.91 Å². The SMILES string of the molecule is CN(C)CCCN(CCCN(C)C)C(=O)CC(N)C1CC1. The van der Waals surface area contributed by atoms with Gasteiger partial charge in [-0.2, -0.15) is 0 Å². The number of nitrogens with zero attached hydrogens (tertiary/aromatic N) is 3. The molecule has 0 aliphatic heterocycles. The molecule has 1 saturated carbocycles. The van der Waals surface area contributed by atoms with E-state index in [1.54, 1.807) is 0 Å². The molecule has 21 heavy (non-hydrogen) atoms. The minimum atomic E-state index is 0.0719. The quantitative estimate of drug-likeness (QED) is 0.614. The number of amides is 1. The van der Waals surface area contributed by atoms with Crippen LogP contribution in [0.3, 0.4) is 0 Å². The molecule has 0 bridgehead atoms. The molecule has 0 heterocycles. The molecule has 1 fully saturated rings. The van der Waals surface area contributed by atoms with Crippen LogP contribution in [0, 0.1) is 5.92 Å². The van der Waals surface area contributed by atoms with E-state index >= 15 is 0 Å². The summed E-state index contributed by atoms with van der Waals surface area (Å²) in [4.78, 5) is 18.8. The van der Waals surface area contributed by atoms with Crippen LogP contribution in [0.5, 0.6) is 0 Å². The molecule has 0 spiro atoms. The first-order valence-electron chi connectivity index (χ1n) is 8.23. The van der Waals surface area contributed by atoms with Gasteiger partial charge in [0, 0.05) is 25.6 Å². The number of hydrogen-bond acceptors (Lipinski definition) is 4. The van der Waals surface area contributed by atoms with Crippen LogP contribution in [0.4, 0.5) is 0 Å². The van der Waals surface area contributed by atoms with E-state index in [0.29, 0.717) is 12.3 Å². The van der Waals surface area contributed by atoms with Gasteiger partial charge in [0.15, 0.2) is 0 Å². The lowest BCUT2D eigenvalue weighted by Gasteiger charge is -2.25. The highest BCUT2D eigenvalue weighted by atomic mass is 16.2. The van der Waals surface area contributed by atoms with Crippen molar-refractivity contribution in [1.29, 1.82) is 0 Å². The Hall–Kier alpha value is -0.650. The van der Waals surface area contributed by atoms with E-state index in [2.05, 4.69) is 38.0 Å². The van der Waals surface area contributed by atoms with Crippen molar-refractivity contribution in [3.05, 3.63) is 0 Å². The van der Waals surface area contributed by atoms with Gasteiger partial charge in [-0.15, -0.1) is 0 Å². The highest BCUT2D eigenvalue weighted by Gasteiger charge is 2.30. The molecule has 1 amide bonds. The zero-order valence-electron chi connectivity index (χ0n) is 14.3. The summed E-state index contributed by atoms with van der Waals surface area (Å²) in [7, 11) is 8.28. The molecule has 5 heteroatoms. The maximum Gasteiger partial charge on any atom is 0.224 e. The van der Waals surface area contributed by atoms with E-state index in [-0.39, 0.29) is 11.9 Å². The number of carbonyl (C=O) groups excluding carboxylic acids is 1. The minimum absolute atomic E-state index is 0.0719. The molecular weight excluding hydrogens is 264 g/mol. The smallest absolute Gasteiger partial charge is 0.224 e. The third-order valence-electron chi connectivity index (χ3n) is 4.06. The summed E-state index contributed by atoms with van der Waals surface area (Å²) in [6, 6.07) is 0.0719. The van der Waals surface area contributed by atoms with Crippen LogP contribution in [0.1, 0.15) is 32.1 Å². The zero-order valence-corrected chi connectivity index (χ0v) is 14.3. The molecule has 0 aromatic rings. The molecule has 0 aromatic carbocycles. The number of rotatable bonds is 11. The van der Waals surface area contributed by atoms with Gasteiger partial charge in [-0.25, -0.2) is 0 Å². The summed E-state index contributed by atoms with van der Waals surface area (Å²) in [5.41, 5.74) is 6.11. The summed E-state index contributed by atoms with van der Waals surface area (Å²) < 4.78 is 0. The highest BCUT2D eigenvalue weighted by Crippen LogP contribution is 2.33. The Labute approximate surface area is 130 Å². The molecule has 0 saturated heterocycles. The monoisotopic (exact) mass is 298 g/mol. The molecule has 0 aromatic heterocycles.